The average Bonchev–Trinajstić information content (AvgIpc) is 2.86. The lowest BCUT2D eigenvalue weighted by Gasteiger charge is -2.52. The Hall–Kier alpha value is -3.76. The van der Waals surface area contributed by atoms with E-state index in [-0.39, 0.29) is 24.2 Å². The first kappa shape index (κ1) is 25.9. The topological polar surface area (TPSA) is 168 Å². The molecule has 2 aromatic rings. The van der Waals surface area contributed by atoms with Crippen LogP contribution in [-0.2, 0) is 32.0 Å². The standard InChI is InChI=1S/C28H29N3O7/c1-4-12-7-8-30-17(9-12)14-5-6-18(32)20-15(14)10-13-11-16-22(31(2)3)24(34)21(27(29)37)26(36)28(16,38)25(35)19(13)23(20)33/h5-9,13,16,19,21-22,32,38H,4,10-11H2,1-3H3,(H2,29,37)/t13-,16-,19?,21?,22-,28-/m1/s1. The van der Waals surface area contributed by atoms with E-state index in [0.717, 1.165) is 12.0 Å². The van der Waals surface area contributed by atoms with Crippen molar-refractivity contribution in [2.24, 2.45) is 29.4 Å². The molecule has 0 saturated heterocycles. The molecular weight excluding hydrogens is 490 g/mol. The van der Waals surface area contributed by atoms with Crippen molar-refractivity contribution in [3.05, 3.63) is 47.2 Å². The van der Waals surface area contributed by atoms with Gasteiger partial charge in [0.15, 0.2) is 34.7 Å². The van der Waals surface area contributed by atoms with Gasteiger partial charge < -0.3 is 15.9 Å². The number of ketones is 4. The van der Waals surface area contributed by atoms with Crippen LogP contribution in [0.25, 0.3) is 11.3 Å². The predicted octanol–water partition coefficient (Wildman–Crippen LogP) is 0.491. The zero-order valence-electron chi connectivity index (χ0n) is 21.3. The molecule has 0 radical (unpaired) electrons. The molecule has 0 bridgehead atoms. The largest absolute Gasteiger partial charge is 0.507 e. The van der Waals surface area contributed by atoms with Crippen molar-refractivity contribution in [3.63, 3.8) is 0 Å². The van der Waals surface area contributed by atoms with Gasteiger partial charge in [-0.15, -0.1) is 0 Å². The molecule has 4 N–H and O–H groups in total. The molecule has 198 valence electrons. The lowest BCUT2D eigenvalue weighted by Crippen LogP contribution is -2.74. The maximum absolute atomic E-state index is 13.9. The minimum absolute atomic E-state index is 0.00141. The molecule has 0 spiro atoms. The van der Waals surface area contributed by atoms with Gasteiger partial charge in [0, 0.05) is 17.7 Å². The van der Waals surface area contributed by atoms with Crippen LogP contribution in [0.5, 0.6) is 5.75 Å². The fourth-order valence-electron chi connectivity index (χ4n) is 6.69. The second-order valence-electron chi connectivity index (χ2n) is 10.7. The number of amides is 1. The molecule has 10 heteroatoms. The number of primary amides is 1. The average molecular weight is 520 g/mol. The van der Waals surface area contributed by atoms with E-state index >= 15 is 0 Å². The van der Waals surface area contributed by atoms with E-state index in [1.165, 1.54) is 11.0 Å². The number of nitrogens with zero attached hydrogens (tertiary/aromatic N) is 2. The van der Waals surface area contributed by atoms with E-state index < -0.39 is 64.4 Å². The molecule has 6 atom stereocenters. The molecule has 2 fully saturated rings. The number of aliphatic hydroxyl groups is 1. The third-order valence-corrected chi connectivity index (χ3v) is 8.45. The molecule has 3 aliphatic rings. The fourth-order valence-corrected chi connectivity index (χ4v) is 6.69. The molecule has 3 aliphatic carbocycles. The van der Waals surface area contributed by atoms with Crippen molar-refractivity contribution in [1.29, 1.82) is 0 Å². The highest BCUT2D eigenvalue weighted by molar-refractivity contribution is 6.32. The number of aromatic nitrogens is 1. The van der Waals surface area contributed by atoms with Crippen molar-refractivity contribution in [1.82, 2.24) is 9.88 Å². The number of carbonyl (C=O) groups is 5. The fraction of sp³-hybridized carbons (Fsp3) is 0.429. The molecule has 1 aromatic carbocycles. The van der Waals surface area contributed by atoms with Gasteiger partial charge in [-0.3, -0.25) is 33.9 Å². The number of nitrogens with two attached hydrogens (primary N) is 1. The second-order valence-corrected chi connectivity index (χ2v) is 10.7. The van der Waals surface area contributed by atoms with Crippen molar-refractivity contribution in [3.8, 4) is 17.0 Å². The Labute approximate surface area is 218 Å². The highest BCUT2D eigenvalue weighted by Gasteiger charge is 2.69. The number of rotatable bonds is 4. The van der Waals surface area contributed by atoms with Gasteiger partial charge >= 0.3 is 0 Å². The molecule has 5 rings (SSSR count). The maximum atomic E-state index is 13.9. The van der Waals surface area contributed by atoms with Gasteiger partial charge in [-0.25, -0.2) is 0 Å². The monoisotopic (exact) mass is 519 g/mol. The molecule has 38 heavy (non-hydrogen) atoms. The van der Waals surface area contributed by atoms with E-state index in [4.69, 9.17) is 5.73 Å². The van der Waals surface area contributed by atoms with Crippen LogP contribution >= 0.6 is 0 Å². The molecule has 1 aromatic heterocycles. The number of fused-ring (bicyclic) bond motifs is 3. The number of hydrogen-bond donors (Lipinski definition) is 3. The molecule has 2 saturated carbocycles. The van der Waals surface area contributed by atoms with Crippen molar-refractivity contribution in [2.45, 2.75) is 37.8 Å². The molecule has 2 unspecified atom stereocenters. The van der Waals surface area contributed by atoms with E-state index in [1.807, 2.05) is 19.1 Å². The van der Waals surface area contributed by atoms with Crippen molar-refractivity contribution in [2.75, 3.05) is 14.1 Å². The number of carbonyl (C=O) groups excluding carboxylic acids is 5. The predicted molar refractivity (Wildman–Crippen MR) is 134 cm³/mol. The molecule has 0 aliphatic heterocycles. The SMILES string of the molecule is CCc1ccnc(-c2ccc(O)c3c2C[C@@H]2C[C@@H]4[C@@H](N(C)C)C(=O)C(C(N)=O)C(=O)[C@]4(O)C(=O)C2C3=O)c1. The first-order valence-corrected chi connectivity index (χ1v) is 12.6. The lowest BCUT2D eigenvalue weighted by molar-refractivity contribution is -0.181. The Morgan fingerprint density at radius 2 is 1.87 bits per heavy atom. The number of aryl methyl sites for hydroxylation is 1. The molecule has 1 heterocycles. The summed E-state index contributed by atoms with van der Waals surface area (Å²) in [7, 11) is 3.11. The molecule has 10 nitrogen and oxygen atoms in total. The Morgan fingerprint density at radius 3 is 2.50 bits per heavy atom. The van der Waals surface area contributed by atoms with Crippen LogP contribution in [0, 0.1) is 23.7 Å². The first-order chi connectivity index (χ1) is 17.9. The number of pyridine rings is 1. The summed E-state index contributed by atoms with van der Waals surface area (Å²) in [6.45, 7) is 2.00. The van der Waals surface area contributed by atoms with Gasteiger partial charge in [0.25, 0.3) is 0 Å². The van der Waals surface area contributed by atoms with Gasteiger partial charge in [-0.1, -0.05) is 6.92 Å². The zero-order chi connectivity index (χ0) is 27.7. The van der Waals surface area contributed by atoms with E-state index in [2.05, 4.69) is 4.98 Å². The number of Topliss-reactive ketones (excluding diaryl/α,β-unsaturated/α-hetero) is 4. The van der Waals surface area contributed by atoms with Crippen LogP contribution in [0.1, 0.15) is 34.8 Å². The summed E-state index contributed by atoms with van der Waals surface area (Å²) < 4.78 is 0. The Morgan fingerprint density at radius 1 is 1.16 bits per heavy atom. The van der Waals surface area contributed by atoms with E-state index in [9.17, 15) is 34.2 Å². The first-order valence-electron chi connectivity index (χ1n) is 12.6. The lowest BCUT2D eigenvalue weighted by atomic mass is 9.52. The number of benzene rings is 1. The van der Waals surface area contributed by atoms with Gasteiger partial charge in [-0.2, -0.15) is 0 Å². The van der Waals surface area contributed by atoms with Gasteiger partial charge in [0.2, 0.25) is 5.91 Å². The minimum Gasteiger partial charge on any atom is -0.507 e. The van der Waals surface area contributed by atoms with Gasteiger partial charge in [0.1, 0.15) is 5.75 Å². The summed E-state index contributed by atoms with van der Waals surface area (Å²) in [5.41, 5.74) is 5.38. The normalized spacial score (nSPS) is 30.6. The summed E-state index contributed by atoms with van der Waals surface area (Å²) >= 11 is 0. The summed E-state index contributed by atoms with van der Waals surface area (Å²) in [6.07, 6.45) is 2.63. The van der Waals surface area contributed by atoms with Crippen LogP contribution in [0.4, 0.5) is 0 Å². The maximum Gasteiger partial charge on any atom is 0.235 e. The van der Waals surface area contributed by atoms with Crippen molar-refractivity contribution < 1.29 is 34.2 Å². The van der Waals surface area contributed by atoms with Gasteiger partial charge in [-0.05, 0) is 74.7 Å². The number of hydrogen-bond acceptors (Lipinski definition) is 9. The third kappa shape index (κ3) is 3.47. The number of likely N-dealkylation sites (N-methyl/N-ethyl adjacent to an activating group) is 1. The van der Waals surface area contributed by atoms with Crippen LogP contribution in [0.15, 0.2) is 30.5 Å². The molecular formula is C28H29N3O7. The van der Waals surface area contributed by atoms with Gasteiger partial charge in [0.05, 0.1) is 23.2 Å². The molecule has 1 amide bonds. The van der Waals surface area contributed by atoms with Crippen LogP contribution in [0.2, 0.25) is 0 Å². The number of phenolic OH excluding ortho intramolecular Hbond substituents is 1. The zero-order valence-corrected chi connectivity index (χ0v) is 21.3. The smallest absolute Gasteiger partial charge is 0.235 e. The summed E-state index contributed by atoms with van der Waals surface area (Å²) in [5, 5.41) is 22.3. The highest BCUT2D eigenvalue weighted by Crippen LogP contribution is 2.51. The summed E-state index contributed by atoms with van der Waals surface area (Å²) in [6, 6.07) is 5.70. The highest BCUT2D eigenvalue weighted by atomic mass is 16.3. The summed E-state index contributed by atoms with van der Waals surface area (Å²) in [4.78, 5) is 72.2. The Kier molecular flexibility index (Phi) is 6.07. The van der Waals surface area contributed by atoms with Crippen LogP contribution in [0.3, 0.4) is 0 Å². The van der Waals surface area contributed by atoms with Crippen molar-refractivity contribution >= 4 is 29.0 Å². The van der Waals surface area contributed by atoms with Crippen LogP contribution in [-0.4, -0.2) is 74.9 Å². The number of phenols is 1. The number of aromatic hydroxyl groups is 1. The summed E-state index contributed by atoms with van der Waals surface area (Å²) in [5.74, 6) is -10.6. The van der Waals surface area contributed by atoms with Crippen LogP contribution < -0.4 is 5.73 Å². The quantitative estimate of drug-likeness (QED) is 0.487. The third-order valence-electron chi connectivity index (χ3n) is 8.45. The van der Waals surface area contributed by atoms with E-state index in [1.54, 1.807) is 26.4 Å². The Balaban J connectivity index is 1.66. The second kappa shape index (κ2) is 8.92. The minimum atomic E-state index is -2.74. The Bertz CT molecular complexity index is 1420. The van der Waals surface area contributed by atoms with E-state index in [0.29, 0.717) is 16.8 Å².